The summed E-state index contributed by atoms with van der Waals surface area (Å²) in [5.74, 6) is 0.875. The third kappa shape index (κ3) is 2.98. The number of urea groups is 1. The second-order valence-electron chi connectivity index (χ2n) is 5.39. The number of thioether (sulfide) groups is 1. The Morgan fingerprint density at radius 3 is 3.00 bits per heavy atom. The minimum Gasteiger partial charge on any atom is -0.354 e. The van der Waals surface area contributed by atoms with Crippen molar-refractivity contribution in [1.82, 2.24) is 15.5 Å². The van der Waals surface area contributed by atoms with E-state index in [0.717, 1.165) is 17.1 Å². The van der Waals surface area contributed by atoms with Gasteiger partial charge in [0.05, 0.1) is 0 Å². The number of amides is 4. The Hall–Kier alpha value is -1.54. The van der Waals surface area contributed by atoms with Crippen LogP contribution in [0, 0.1) is 0 Å². The Bertz CT molecular complexity index is 582. The van der Waals surface area contributed by atoms with Crippen LogP contribution >= 0.6 is 23.1 Å². The minimum absolute atomic E-state index is 0.207. The van der Waals surface area contributed by atoms with Crippen LogP contribution in [-0.4, -0.2) is 52.9 Å². The van der Waals surface area contributed by atoms with Crippen LogP contribution in [-0.2, 0) is 16.0 Å². The minimum atomic E-state index is -0.779. The number of imide groups is 1. The smallest absolute Gasteiger partial charge is 0.325 e. The number of hydrogen-bond acceptors (Lipinski definition) is 5. The van der Waals surface area contributed by atoms with Crippen LogP contribution in [0.4, 0.5) is 4.79 Å². The Kier molecular flexibility index (Phi) is 4.39. The first kappa shape index (κ1) is 15.4. The molecule has 0 aromatic carbocycles. The molecule has 22 heavy (non-hydrogen) atoms. The highest BCUT2D eigenvalue weighted by Crippen LogP contribution is 2.33. The third-order valence-electron chi connectivity index (χ3n) is 3.84. The fourth-order valence-corrected chi connectivity index (χ4v) is 4.67. The lowest BCUT2D eigenvalue weighted by atomic mass is 9.99. The molecule has 4 amide bonds. The van der Waals surface area contributed by atoms with Gasteiger partial charge in [-0.3, -0.25) is 14.5 Å². The quantitative estimate of drug-likeness (QED) is 0.779. The molecule has 0 saturated carbocycles. The van der Waals surface area contributed by atoms with Gasteiger partial charge in [-0.2, -0.15) is 11.8 Å². The fraction of sp³-hybridized carbons (Fsp3) is 0.500. The molecular weight excluding hydrogens is 322 g/mol. The van der Waals surface area contributed by atoms with Crippen molar-refractivity contribution >= 4 is 40.9 Å². The average molecular weight is 339 g/mol. The molecule has 2 N–H and O–H groups in total. The summed E-state index contributed by atoms with van der Waals surface area (Å²) in [6, 6.07) is 3.52. The zero-order chi connectivity index (χ0) is 15.6. The van der Waals surface area contributed by atoms with Crippen molar-refractivity contribution in [3.63, 3.8) is 0 Å². The summed E-state index contributed by atoms with van der Waals surface area (Å²) in [4.78, 5) is 38.5. The van der Waals surface area contributed by atoms with Crippen LogP contribution < -0.4 is 10.6 Å². The molecule has 0 unspecified atom stereocenters. The molecule has 6 nitrogen and oxygen atoms in total. The molecule has 0 bridgehead atoms. The molecular formula is C14H17N3O3S2. The summed E-state index contributed by atoms with van der Waals surface area (Å²) in [7, 11) is 0. The lowest BCUT2D eigenvalue weighted by molar-refractivity contribution is -0.134. The number of thiophene rings is 1. The summed E-state index contributed by atoms with van der Waals surface area (Å²) in [5.41, 5.74) is -0.779. The van der Waals surface area contributed by atoms with Crippen molar-refractivity contribution in [1.29, 1.82) is 0 Å². The number of nitrogens with one attached hydrogen (secondary N) is 2. The Morgan fingerprint density at radius 1 is 1.45 bits per heavy atom. The van der Waals surface area contributed by atoms with Gasteiger partial charge in [-0.25, -0.2) is 4.79 Å². The maximum atomic E-state index is 12.4. The number of hydrogen-bond donors (Lipinski definition) is 2. The molecule has 0 radical (unpaired) electrons. The normalized spacial score (nSPS) is 24.1. The second-order valence-corrected chi connectivity index (χ2v) is 7.52. The molecule has 1 spiro atoms. The molecule has 8 heteroatoms. The maximum Gasteiger partial charge on any atom is 0.325 e. The van der Waals surface area contributed by atoms with Crippen LogP contribution in [0.2, 0.25) is 0 Å². The van der Waals surface area contributed by atoms with E-state index in [1.807, 2.05) is 17.5 Å². The highest BCUT2D eigenvalue weighted by atomic mass is 32.2. The fourth-order valence-electron chi connectivity index (χ4n) is 2.63. The summed E-state index contributed by atoms with van der Waals surface area (Å²) in [5, 5.41) is 7.50. The van der Waals surface area contributed by atoms with Crippen LogP contribution in [0.1, 0.15) is 11.3 Å². The topological polar surface area (TPSA) is 78.5 Å². The van der Waals surface area contributed by atoms with Gasteiger partial charge < -0.3 is 10.6 Å². The molecule has 2 saturated heterocycles. The lowest BCUT2D eigenvalue weighted by Gasteiger charge is -2.19. The molecule has 3 heterocycles. The largest absolute Gasteiger partial charge is 0.354 e. The van der Waals surface area contributed by atoms with Crippen molar-refractivity contribution in [2.45, 2.75) is 18.4 Å². The van der Waals surface area contributed by atoms with E-state index in [0.29, 0.717) is 18.7 Å². The number of carbonyl (C=O) groups excluding carboxylic acids is 3. The van der Waals surface area contributed by atoms with Crippen LogP contribution in [0.3, 0.4) is 0 Å². The Labute approximate surface area is 136 Å². The van der Waals surface area contributed by atoms with Gasteiger partial charge in [-0.15, -0.1) is 11.3 Å². The van der Waals surface area contributed by atoms with Gasteiger partial charge in [-0.1, -0.05) is 6.07 Å². The number of rotatable bonds is 5. The summed E-state index contributed by atoms with van der Waals surface area (Å²) in [6.07, 6.45) is 1.39. The van der Waals surface area contributed by atoms with E-state index in [9.17, 15) is 14.4 Å². The highest BCUT2D eigenvalue weighted by Gasteiger charge is 2.53. The molecule has 3 rings (SSSR count). The molecule has 1 atom stereocenters. The van der Waals surface area contributed by atoms with Crippen LogP contribution in [0.5, 0.6) is 0 Å². The molecule has 1 aromatic rings. The first-order chi connectivity index (χ1) is 10.6. The van der Waals surface area contributed by atoms with Gasteiger partial charge in [0.15, 0.2) is 0 Å². The zero-order valence-corrected chi connectivity index (χ0v) is 13.6. The average Bonchev–Trinajstić information content (AvgIpc) is 3.19. The predicted octanol–water partition coefficient (Wildman–Crippen LogP) is 0.834. The van der Waals surface area contributed by atoms with Gasteiger partial charge in [0.2, 0.25) is 5.91 Å². The van der Waals surface area contributed by atoms with Gasteiger partial charge in [0, 0.05) is 17.2 Å². The van der Waals surface area contributed by atoms with E-state index in [2.05, 4.69) is 10.6 Å². The zero-order valence-electron chi connectivity index (χ0n) is 12.0. The monoisotopic (exact) mass is 339 g/mol. The number of nitrogens with zero attached hydrogens (tertiary/aromatic N) is 1. The Morgan fingerprint density at radius 2 is 2.32 bits per heavy atom. The first-order valence-corrected chi connectivity index (χ1v) is 9.15. The van der Waals surface area contributed by atoms with Crippen molar-refractivity contribution in [3.05, 3.63) is 22.4 Å². The van der Waals surface area contributed by atoms with E-state index < -0.39 is 11.6 Å². The van der Waals surface area contributed by atoms with Crippen molar-refractivity contribution in [2.75, 3.05) is 24.6 Å². The van der Waals surface area contributed by atoms with E-state index in [4.69, 9.17) is 0 Å². The van der Waals surface area contributed by atoms with Gasteiger partial charge in [0.25, 0.3) is 5.91 Å². The molecule has 2 aliphatic rings. The maximum absolute atomic E-state index is 12.4. The summed E-state index contributed by atoms with van der Waals surface area (Å²) in [6.45, 7) is 0.297. The van der Waals surface area contributed by atoms with Crippen molar-refractivity contribution in [3.8, 4) is 0 Å². The first-order valence-electron chi connectivity index (χ1n) is 7.12. The molecule has 118 valence electrons. The molecule has 0 aliphatic carbocycles. The summed E-state index contributed by atoms with van der Waals surface area (Å²) < 4.78 is 0. The third-order valence-corrected chi connectivity index (χ3v) is 5.97. The standard InChI is InChI=1S/C14H17N3O3S2/c18-11(15-5-3-10-2-1-6-22-10)8-17-12(19)14(16-13(17)20)4-7-21-9-14/h1-2,6H,3-5,7-9H2,(H,15,18)(H,16,20)/t14-/m1/s1. The van der Waals surface area contributed by atoms with Crippen molar-refractivity contribution in [2.24, 2.45) is 0 Å². The van der Waals surface area contributed by atoms with E-state index in [1.54, 1.807) is 23.1 Å². The summed E-state index contributed by atoms with van der Waals surface area (Å²) >= 11 is 3.29. The highest BCUT2D eigenvalue weighted by molar-refractivity contribution is 7.99. The van der Waals surface area contributed by atoms with E-state index in [1.165, 1.54) is 4.88 Å². The van der Waals surface area contributed by atoms with Crippen LogP contribution in [0.15, 0.2) is 17.5 Å². The van der Waals surface area contributed by atoms with Gasteiger partial charge in [0.1, 0.15) is 12.1 Å². The van der Waals surface area contributed by atoms with Crippen LogP contribution in [0.25, 0.3) is 0 Å². The van der Waals surface area contributed by atoms with E-state index >= 15 is 0 Å². The predicted molar refractivity (Wildman–Crippen MR) is 86.0 cm³/mol. The molecule has 1 aromatic heterocycles. The number of carbonyl (C=O) groups is 3. The lowest BCUT2D eigenvalue weighted by Crippen LogP contribution is -2.47. The van der Waals surface area contributed by atoms with Gasteiger partial charge >= 0.3 is 6.03 Å². The molecule has 2 aliphatic heterocycles. The van der Waals surface area contributed by atoms with Gasteiger partial charge in [-0.05, 0) is 30.0 Å². The van der Waals surface area contributed by atoms with Crippen molar-refractivity contribution < 1.29 is 14.4 Å². The molecule has 2 fully saturated rings. The Balaban J connectivity index is 1.50. The second kappa shape index (κ2) is 6.29. The SMILES string of the molecule is O=C(CN1C(=O)N[C@@]2(CCSC2)C1=O)NCCc1cccs1. The van der Waals surface area contributed by atoms with E-state index in [-0.39, 0.29) is 18.4 Å².